The van der Waals surface area contributed by atoms with Crippen LogP contribution < -0.4 is 0 Å². The summed E-state index contributed by atoms with van der Waals surface area (Å²) >= 11 is 0. The number of phenolic OH excluding ortho intramolecular Hbond substituents is 2. The van der Waals surface area contributed by atoms with E-state index in [1.807, 2.05) is 0 Å². The molecule has 1 unspecified atom stereocenters. The van der Waals surface area contributed by atoms with Gasteiger partial charge in [0.25, 0.3) is 0 Å². The molecule has 2 N–H and O–H groups in total. The molecule has 2 bridgehead atoms. The summed E-state index contributed by atoms with van der Waals surface area (Å²) < 4.78 is 0. The van der Waals surface area contributed by atoms with E-state index in [1.54, 1.807) is 12.1 Å². The molecule has 0 spiro atoms. The molecule has 0 aromatic heterocycles. The van der Waals surface area contributed by atoms with Gasteiger partial charge in [0.15, 0.2) is 0 Å². The van der Waals surface area contributed by atoms with Crippen LogP contribution in [0.3, 0.4) is 0 Å². The van der Waals surface area contributed by atoms with Gasteiger partial charge < -0.3 is 10.2 Å². The number of aryl methyl sites for hydroxylation is 2. The summed E-state index contributed by atoms with van der Waals surface area (Å²) in [5, 5.41) is 21.2. The molecule has 3 aliphatic rings. The Morgan fingerprint density at radius 1 is 0.583 bits per heavy atom. The van der Waals surface area contributed by atoms with Gasteiger partial charge in [0.1, 0.15) is 11.5 Å². The maximum atomic E-state index is 10.6. The van der Waals surface area contributed by atoms with E-state index in [0.29, 0.717) is 0 Å². The minimum atomic E-state index is -0.0109. The summed E-state index contributed by atoms with van der Waals surface area (Å²) in [6, 6.07) is 16.0. The lowest BCUT2D eigenvalue weighted by atomic mass is 9.59. The first-order valence-corrected chi connectivity index (χ1v) is 8.33. The highest BCUT2D eigenvalue weighted by molar-refractivity contribution is 5.74. The molecule has 0 amide bonds. The van der Waals surface area contributed by atoms with Gasteiger partial charge in [-0.3, -0.25) is 0 Å². The van der Waals surface area contributed by atoms with E-state index >= 15 is 0 Å². The van der Waals surface area contributed by atoms with Gasteiger partial charge in [0.05, 0.1) is 0 Å². The van der Waals surface area contributed by atoms with E-state index in [-0.39, 0.29) is 23.3 Å². The lowest BCUT2D eigenvalue weighted by Crippen LogP contribution is -2.29. The summed E-state index contributed by atoms with van der Waals surface area (Å²) in [6.45, 7) is 4.28. The Kier molecular flexibility index (Phi) is 2.52. The molecule has 3 aliphatic carbocycles. The average molecular weight is 314 g/mol. The largest absolute Gasteiger partial charge is 0.508 e. The van der Waals surface area contributed by atoms with Gasteiger partial charge in [-0.15, -0.1) is 0 Å². The fraction of sp³-hybridized carbons (Fsp3) is 0.182. The normalized spacial score (nSPS) is 19.6. The van der Waals surface area contributed by atoms with Crippen LogP contribution in [0.25, 0.3) is 0 Å². The van der Waals surface area contributed by atoms with E-state index < -0.39 is 0 Å². The molecule has 3 aromatic rings. The lowest BCUT2D eigenvalue weighted by molar-refractivity contribution is 0.440. The number of hydrogen-bond acceptors (Lipinski definition) is 2. The summed E-state index contributed by atoms with van der Waals surface area (Å²) in [4.78, 5) is 0. The Hall–Kier alpha value is -2.74. The van der Waals surface area contributed by atoms with Gasteiger partial charge in [-0.1, -0.05) is 36.4 Å². The Balaban J connectivity index is 1.99. The Morgan fingerprint density at radius 3 is 1.42 bits per heavy atom. The van der Waals surface area contributed by atoms with Crippen molar-refractivity contribution in [2.45, 2.75) is 25.7 Å². The van der Waals surface area contributed by atoms with Crippen molar-refractivity contribution in [3.63, 3.8) is 0 Å². The second-order valence-electron chi connectivity index (χ2n) is 6.95. The molecule has 24 heavy (non-hydrogen) atoms. The molecular formula is C22H18O2. The monoisotopic (exact) mass is 314 g/mol. The van der Waals surface area contributed by atoms with Gasteiger partial charge in [-0.05, 0) is 59.4 Å². The van der Waals surface area contributed by atoms with Gasteiger partial charge in [0, 0.05) is 23.0 Å². The van der Waals surface area contributed by atoms with Gasteiger partial charge in [-0.2, -0.15) is 0 Å². The summed E-state index contributed by atoms with van der Waals surface area (Å²) in [5.74, 6) is 0.532. The van der Waals surface area contributed by atoms with E-state index in [1.165, 1.54) is 33.4 Å². The smallest absolute Gasteiger partial charge is 0.120 e. The van der Waals surface area contributed by atoms with E-state index in [0.717, 1.165) is 11.1 Å². The van der Waals surface area contributed by atoms with E-state index in [9.17, 15) is 10.2 Å². The molecule has 0 heterocycles. The summed E-state index contributed by atoms with van der Waals surface area (Å²) in [5.41, 5.74) is 9.33. The fourth-order valence-electron chi connectivity index (χ4n) is 4.79. The van der Waals surface area contributed by atoms with Crippen LogP contribution in [0, 0.1) is 13.8 Å². The molecule has 0 saturated heterocycles. The van der Waals surface area contributed by atoms with Crippen LogP contribution in [0.15, 0.2) is 48.5 Å². The summed E-state index contributed by atoms with van der Waals surface area (Å²) in [6.07, 6.45) is 0. The first kappa shape index (κ1) is 13.7. The average Bonchev–Trinajstić information content (AvgIpc) is 2.60. The van der Waals surface area contributed by atoms with Crippen LogP contribution in [-0.2, 0) is 0 Å². The number of rotatable bonds is 0. The van der Waals surface area contributed by atoms with Crippen LogP contribution in [0.4, 0.5) is 0 Å². The minimum Gasteiger partial charge on any atom is -0.508 e. The standard InChI is InChI=1S/C22H18O2/c1-11-7-8-12(2)18-17(11)19-13-5-3-4-6-14(13)20(18)22-16(24)10-9-15(23)21(19)22/h3-10,19-20,23-24H,1-2H3/t19-,20?/m1/s1. The zero-order chi connectivity index (χ0) is 16.6. The molecule has 0 saturated carbocycles. The van der Waals surface area contributed by atoms with Crippen LogP contribution in [0.5, 0.6) is 11.5 Å². The van der Waals surface area contributed by atoms with Crippen molar-refractivity contribution >= 4 is 0 Å². The molecule has 3 aromatic carbocycles. The molecule has 6 rings (SSSR count). The maximum absolute atomic E-state index is 10.6. The summed E-state index contributed by atoms with van der Waals surface area (Å²) in [7, 11) is 0. The molecule has 0 aliphatic heterocycles. The van der Waals surface area contributed by atoms with Crippen molar-refractivity contribution in [1.82, 2.24) is 0 Å². The number of benzene rings is 3. The SMILES string of the molecule is Cc1ccc(C)c2c1C1c3ccccc3[C@H]2c2c(O)ccc(O)c21. The Morgan fingerprint density at radius 2 is 1.00 bits per heavy atom. The van der Waals surface area contributed by atoms with Gasteiger partial charge in [-0.25, -0.2) is 0 Å². The minimum absolute atomic E-state index is 0.0109. The van der Waals surface area contributed by atoms with Crippen molar-refractivity contribution < 1.29 is 10.2 Å². The third-order valence-corrected chi connectivity index (χ3v) is 5.74. The second-order valence-corrected chi connectivity index (χ2v) is 6.95. The zero-order valence-corrected chi connectivity index (χ0v) is 13.7. The predicted octanol–water partition coefficient (Wildman–Crippen LogP) is 4.70. The quantitative estimate of drug-likeness (QED) is 0.407. The molecule has 0 fully saturated rings. The molecule has 2 nitrogen and oxygen atoms in total. The zero-order valence-electron chi connectivity index (χ0n) is 13.7. The van der Waals surface area contributed by atoms with Gasteiger partial charge >= 0.3 is 0 Å². The Labute approximate surface area is 141 Å². The highest BCUT2D eigenvalue weighted by Gasteiger charge is 2.45. The third kappa shape index (κ3) is 1.46. The van der Waals surface area contributed by atoms with Crippen molar-refractivity contribution in [2.75, 3.05) is 0 Å². The van der Waals surface area contributed by atoms with Crippen molar-refractivity contribution in [1.29, 1.82) is 0 Å². The number of aromatic hydroxyl groups is 2. The van der Waals surface area contributed by atoms with Crippen LogP contribution >= 0.6 is 0 Å². The molecule has 0 radical (unpaired) electrons. The molecule has 2 heteroatoms. The number of hydrogen-bond donors (Lipinski definition) is 2. The first-order chi connectivity index (χ1) is 11.6. The van der Waals surface area contributed by atoms with Crippen molar-refractivity contribution in [3.05, 3.63) is 93.0 Å². The van der Waals surface area contributed by atoms with E-state index in [2.05, 4.69) is 50.2 Å². The number of phenols is 2. The van der Waals surface area contributed by atoms with Crippen LogP contribution in [-0.4, -0.2) is 10.2 Å². The molecule has 2 atom stereocenters. The highest BCUT2D eigenvalue weighted by atomic mass is 16.3. The Bertz CT molecular complexity index is 876. The highest BCUT2D eigenvalue weighted by Crippen LogP contribution is 2.60. The lowest BCUT2D eigenvalue weighted by Gasteiger charge is -2.44. The first-order valence-electron chi connectivity index (χ1n) is 8.33. The molecule has 118 valence electrons. The maximum Gasteiger partial charge on any atom is 0.120 e. The second kappa shape index (κ2) is 4.41. The van der Waals surface area contributed by atoms with Crippen molar-refractivity contribution in [2.24, 2.45) is 0 Å². The van der Waals surface area contributed by atoms with Crippen LogP contribution in [0.2, 0.25) is 0 Å². The third-order valence-electron chi connectivity index (χ3n) is 5.74. The fourth-order valence-corrected chi connectivity index (χ4v) is 4.79. The predicted molar refractivity (Wildman–Crippen MR) is 94.0 cm³/mol. The van der Waals surface area contributed by atoms with Crippen LogP contribution in [0.1, 0.15) is 56.3 Å². The molecular weight excluding hydrogens is 296 g/mol. The van der Waals surface area contributed by atoms with Gasteiger partial charge in [0.2, 0.25) is 0 Å². The topological polar surface area (TPSA) is 40.5 Å². The van der Waals surface area contributed by atoms with Crippen molar-refractivity contribution in [3.8, 4) is 11.5 Å². The van der Waals surface area contributed by atoms with E-state index in [4.69, 9.17) is 0 Å².